The summed E-state index contributed by atoms with van der Waals surface area (Å²) in [5.41, 5.74) is 11.4. The standard InChI is InChI=1S/C16H26N6O.C9H11N/c1-5-10(2)13-15(23)22-9-11(3)19-12(14(22)20-13)7-6-8-21(4)16(17)18;1-7-6-10-9-5-3-2-4-8(7)9/h9-10,23H,5-8H2,1-4H3,(H3,17,18);2-5,7,10H,6H2,1H3. The van der Waals surface area contributed by atoms with E-state index in [4.69, 9.17) is 11.1 Å². The average Bonchev–Trinajstić information content (AvgIpc) is 3.34. The number of nitrogens with two attached hydrogens (primary N) is 1. The number of nitrogens with zero attached hydrogens (tertiary/aromatic N) is 4. The molecule has 33 heavy (non-hydrogen) atoms. The first-order valence-electron chi connectivity index (χ1n) is 11.7. The number of nitrogens with one attached hydrogen (secondary N) is 2. The third kappa shape index (κ3) is 5.56. The molecule has 1 aliphatic rings. The highest BCUT2D eigenvalue weighted by molar-refractivity contribution is 5.74. The van der Waals surface area contributed by atoms with Crippen LogP contribution in [0.1, 0.15) is 68.1 Å². The number of aromatic hydroxyl groups is 1. The van der Waals surface area contributed by atoms with Crippen LogP contribution in [0.3, 0.4) is 0 Å². The summed E-state index contributed by atoms with van der Waals surface area (Å²) in [7, 11) is 1.80. The maximum absolute atomic E-state index is 10.4. The molecule has 178 valence electrons. The Hall–Kier alpha value is -3.29. The zero-order valence-electron chi connectivity index (χ0n) is 20.4. The molecule has 8 heteroatoms. The fraction of sp³-hybridized carbons (Fsp3) is 0.480. The molecule has 4 rings (SSSR count). The average molecular weight is 452 g/mol. The SMILES string of the molecule is CC1CNc2ccccc21.CCC(C)c1nc2c(CCCN(C)C(=N)N)nc(C)cn2c1O. The van der Waals surface area contributed by atoms with Crippen LogP contribution in [-0.2, 0) is 6.42 Å². The minimum Gasteiger partial charge on any atom is -0.493 e. The number of imidazole rings is 1. The molecular weight excluding hydrogens is 414 g/mol. The largest absolute Gasteiger partial charge is 0.493 e. The van der Waals surface area contributed by atoms with Crippen LogP contribution >= 0.6 is 0 Å². The van der Waals surface area contributed by atoms with E-state index in [0.29, 0.717) is 18.1 Å². The molecule has 5 N–H and O–H groups in total. The highest BCUT2D eigenvalue weighted by atomic mass is 16.3. The predicted molar refractivity (Wildman–Crippen MR) is 134 cm³/mol. The molecule has 0 saturated heterocycles. The number of rotatable bonds is 6. The molecule has 3 heterocycles. The molecule has 0 bridgehead atoms. The number of hydrogen-bond acceptors (Lipinski definition) is 5. The van der Waals surface area contributed by atoms with E-state index in [9.17, 15) is 5.11 Å². The van der Waals surface area contributed by atoms with E-state index in [-0.39, 0.29) is 17.8 Å². The molecule has 0 spiro atoms. The smallest absolute Gasteiger partial charge is 0.219 e. The lowest BCUT2D eigenvalue weighted by molar-refractivity contribution is 0.434. The Bertz CT molecular complexity index is 1110. The van der Waals surface area contributed by atoms with Crippen molar-refractivity contribution in [2.45, 2.75) is 58.8 Å². The van der Waals surface area contributed by atoms with Crippen LogP contribution in [0.2, 0.25) is 0 Å². The van der Waals surface area contributed by atoms with Crippen LogP contribution in [0.5, 0.6) is 5.88 Å². The van der Waals surface area contributed by atoms with Gasteiger partial charge in [-0.25, -0.2) is 4.98 Å². The molecular formula is C25H37N7O. The Labute approximate surface area is 196 Å². The van der Waals surface area contributed by atoms with Gasteiger partial charge in [-0.15, -0.1) is 0 Å². The monoisotopic (exact) mass is 451 g/mol. The normalized spacial score (nSPS) is 15.4. The van der Waals surface area contributed by atoms with Crippen LogP contribution in [0.4, 0.5) is 5.69 Å². The molecule has 2 aromatic heterocycles. The first kappa shape index (κ1) is 24.4. The van der Waals surface area contributed by atoms with Gasteiger partial charge in [0, 0.05) is 43.9 Å². The minimum absolute atomic E-state index is 0.0601. The van der Waals surface area contributed by atoms with Gasteiger partial charge in [0.05, 0.1) is 11.4 Å². The second-order valence-electron chi connectivity index (χ2n) is 8.93. The molecule has 8 nitrogen and oxygen atoms in total. The van der Waals surface area contributed by atoms with E-state index in [1.54, 1.807) is 16.3 Å². The lowest BCUT2D eigenvalue weighted by Crippen LogP contribution is -2.33. The number of anilines is 1. The van der Waals surface area contributed by atoms with Gasteiger partial charge in [-0.05, 0) is 37.8 Å². The summed E-state index contributed by atoms with van der Waals surface area (Å²) in [6.07, 6.45) is 4.27. The van der Waals surface area contributed by atoms with E-state index < -0.39 is 0 Å². The van der Waals surface area contributed by atoms with Crippen molar-refractivity contribution in [2.24, 2.45) is 5.73 Å². The first-order chi connectivity index (χ1) is 15.7. The number of hydrogen-bond donors (Lipinski definition) is 4. The summed E-state index contributed by atoms with van der Waals surface area (Å²) in [6.45, 7) is 10.1. The lowest BCUT2D eigenvalue weighted by atomic mass is 10.0. The summed E-state index contributed by atoms with van der Waals surface area (Å²) in [4.78, 5) is 10.9. The van der Waals surface area contributed by atoms with Gasteiger partial charge < -0.3 is 21.1 Å². The Morgan fingerprint density at radius 1 is 1.36 bits per heavy atom. The summed E-state index contributed by atoms with van der Waals surface area (Å²) in [5.74, 6) is 1.16. The Balaban J connectivity index is 0.000000252. The highest BCUT2D eigenvalue weighted by Crippen LogP contribution is 2.30. The van der Waals surface area contributed by atoms with Crippen LogP contribution < -0.4 is 11.1 Å². The maximum atomic E-state index is 10.4. The molecule has 2 atom stereocenters. The number of guanidine groups is 1. The number of fused-ring (bicyclic) bond motifs is 2. The summed E-state index contributed by atoms with van der Waals surface area (Å²) >= 11 is 0. The second kappa shape index (κ2) is 10.6. The Morgan fingerprint density at radius 3 is 2.76 bits per heavy atom. The van der Waals surface area contributed by atoms with Gasteiger partial charge in [-0.3, -0.25) is 14.8 Å². The zero-order valence-corrected chi connectivity index (χ0v) is 20.4. The number of para-hydroxylation sites is 1. The number of aryl methyl sites for hydroxylation is 2. The molecule has 0 amide bonds. The fourth-order valence-corrected chi connectivity index (χ4v) is 4.00. The van der Waals surface area contributed by atoms with Crippen LogP contribution in [0.25, 0.3) is 5.65 Å². The van der Waals surface area contributed by atoms with E-state index in [1.165, 1.54) is 11.3 Å². The summed E-state index contributed by atoms with van der Waals surface area (Å²) < 4.78 is 1.73. The number of aromatic nitrogens is 3. The zero-order chi connectivity index (χ0) is 24.1. The second-order valence-corrected chi connectivity index (χ2v) is 8.93. The fourth-order valence-electron chi connectivity index (χ4n) is 4.00. The van der Waals surface area contributed by atoms with Crippen molar-refractivity contribution in [1.82, 2.24) is 19.3 Å². The topological polar surface area (TPSA) is 116 Å². The maximum Gasteiger partial charge on any atom is 0.219 e. The first-order valence-corrected chi connectivity index (χ1v) is 11.7. The van der Waals surface area contributed by atoms with Crippen molar-refractivity contribution in [2.75, 3.05) is 25.5 Å². The van der Waals surface area contributed by atoms with Gasteiger partial charge in [-0.1, -0.05) is 39.0 Å². The molecule has 0 aliphatic carbocycles. The minimum atomic E-state index is 0.0601. The lowest BCUT2D eigenvalue weighted by Gasteiger charge is -2.16. The highest BCUT2D eigenvalue weighted by Gasteiger charge is 2.19. The van der Waals surface area contributed by atoms with Gasteiger partial charge in [0.25, 0.3) is 0 Å². The molecule has 3 aromatic rings. The molecule has 0 radical (unpaired) electrons. The Kier molecular flexibility index (Phi) is 7.79. The third-order valence-electron chi connectivity index (χ3n) is 6.29. The molecule has 1 aromatic carbocycles. The summed E-state index contributed by atoms with van der Waals surface area (Å²) in [6, 6.07) is 8.50. The van der Waals surface area contributed by atoms with Crippen LogP contribution in [0.15, 0.2) is 30.5 Å². The van der Waals surface area contributed by atoms with Crippen molar-refractivity contribution < 1.29 is 5.11 Å². The molecule has 1 aliphatic heterocycles. The van der Waals surface area contributed by atoms with Crippen molar-refractivity contribution in [3.8, 4) is 5.88 Å². The van der Waals surface area contributed by atoms with Crippen LogP contribution in [-0.4, -0.2) is 50.5 Å². The van der Waals surface area contributed by atoms with E-state index in [0.717, 1.165) is 42.9 Å². The third-order valence-corrected chi connectivity index (χ3v) is 6.29. The van der Waals surface area contributed by atoms with Crippen molar-refractivity contribution in [3.05, 3.63) is 53.1 Å². The Morgan fingerprint density at radius 2 is 2.09 bits per heavy atom. The molecule has 2 unspecified atom stereocenters. The van der Waals surface area contributed by atoms with Gasteiger partial charge in [0.15, 0.2) is 11.6 Å². The van der Waals surface area contributed by atoms with Gasteiger partial charge in [0.1, 0.15) is 5.69 Å². The van der Waals surface area contributed by atoms with Crippen molar-refractivity contribution in [1.29, 1.82) is 5.41 Å². The summed E-state index contributed by atoms with van der Waals surface area (Å²) in [5, 5.41) is 21.2. The molecule has 0 saturated carbocycles. The van der Waals surface area contributed by atoms with Gasteiger partial charge in [0.2, 0.25) is 5.88 Å². The number of benzene rings is 1. The predicted octanol–water partition coefficient (Wildman–Crippen LogP) is 4.23. The quantitative estimate of drug-likeness (QED) is 0.329. The van der Waals surface area contributed by atoms with Crippen molar-refractivity contribution >= 4 is 17.3 Å². The van der Waals surface area contributed by atoms with Gasteiger partial charge in [-0.2, -0.15) is 0 Å². The van der Waals surface area contributed by atoms with Gasteiger partial charge >= 0.3 is 0 Å². The molecule has 0 fully saturated rings. The van der Waals surface area contributed by atoms with Crippen molar-refractivity contribution in [3.63, 3.8) is 0 Å². The van der Waals surface area contributed by atoms with E-state index in [2.05, 4.69) is 60.3 Å². The van der Waals surface area contributed by atoms with Crippen LogP contribution in [0, 0.1) is 12.3 Å². The van der Waals surface area contributed by atoms with E-state index in [1.807, 2.05) is 13.1 Å². The van der Waals surface area contributed by atoms with E-state index >= 15 is 0 Å².